The molecule has 1 aromatic rings. The van der Waals surface area contributed by atoms with E-state index in [0.29, 0.717) is 6.04 Å². The van der Waals surface area contributed by atoms with Crippen molar-refractivity contribution in [3.63, 3.8) is 0 Å². The smallest absolute Gasteiger partial charge is 0.0366 e. The van der Waals surface area contributed by atoms with Gasteiger partial charge < -0.3 is 10.6 Å². The Morgan fingerprint density at radius 3 is 2.29 bits per heavy atom. The highest BCUT2D eigenvalue weighted by Gasteiger charge is 2.15. The molecule has 0 aromatic heterocycles. The second kappa shape index (κ2) is 4.01. The van der Waals surface area contributed by atoms with Crippen LogP contribution in [0.15, 0.2) is 24.3 Å². The van der Waals surface area contributed by atoms with Gasteiger partial charge in [-0.1, -0.05) is 12.1 Å². The first kappa shape index (κ1) is 9.53. The summed E-state index contributed by atoms with van der Waals surface area (Å²) in [5.41, 5.74) is 8.23. The van der Waals surface area contributed by atoms with Crippen LogP contribution in [-0.4, -0.2) is 19.1 Å². The van der Waals surface area contributed by atoms with E-state index in [9.17, 15) is 0 Å². The van der Waals surface area contributed by atoms with Crippen LogP contribution in [0.5, 0.6) is 0 Å². The molecule has 0 unspecified atom stereocenters. The molecule has 1 aliphatic heterocycles. The molecule has 1 fully saturated rings. The van der Waals surface area contributed by atoms with Crippen molar-refractivity contribution >= 4 is 5.69 Å². The Morgan fingerprint density at radius 1 is 1.14 bits per heavy atom. The summed E-state index contributed by atoms with van der Waals surface area (Å²) in [6.45, 7) is 6.04. The van der Waals surface area contributed by atoms with Gasteiger partial charge in [-0.3, -0.25) is 0 Å². The van der Waals surface area contributed by atoms with Crippen LogP contribution in [0.1, 0.15) is 18.4 Å². The van der Waals surface area contributed by atoms with E-state index in [-0.39, 0.29) is 0 Å². The zero-order valence-electron chi connectivity index (χ0n) is 8.45. The van der Waals surface area contributed by atoms with Gasteiger partial charge in [0, 0.05) is 24.8 Å². The van der Waals surface area contributed by atoms with Crippen molar-refractivity contribution in [2.24, 2.45) is 5.73 Å². The van der Waals surface area contributed by atoms with Crippen LogP contribution in [0.25, 0.3) is 0 Å². The highest BCUT2D eigenvalue weighted by atomic mass is 15.1. The number of hydrogen-bond acceptors (Lipinski definition) is 2. The lowest BCUT2D eigenvalue weighted by molar-refractivity contribution is 0.501. The third kappa shape index (κ3) is 2.07. The van der Waals surface area contributed by atoms with E-state index < -0.39 is 0 Å². The van der Waals surface area contributed by atoms with Gasteiger partial charge in [0.2, 0.25) is 0 Å². The molecule has 0 spiro atoms. The quantitative estimate of drug-likeness (QED) is 0.730. The van der Waals surface area contributed by atoms with Gasteiger partial charge in [0.05, 0.1) is 0 Å². The Balaban J connectivity index is 2.05. The number of nitrogens with zero attached hydrogens (tertiary/aromatic N) is 1. The Morgan fingerprint density at radius 2 is 1.71 bits per heavy atom. The fourth-order valence-corrected chi connectivity index (χ4v) is 1.86. The molecule has 1 radical (unpaired) electrons. The summed E-state index contributed by atoms with van der Waals surface area (Å²) in [7, 11) is 0. The van der Waals surface area contributed by atoms with Crippen molar-refractivity contribution < 1.29 is 0 Å². The largest absolute Gasteiger partial charge is 0.371 e. The molecular weight excluding hydrogens is 172 g/mol. The second-order valence-electron chi connectivity index (χ2n) is 3.99. The van der Waals surface area contributed by atoms with Gasteiger partial charge in [0.15, 0.2) is 0 Å². The summed E-state index contributed by atoms with van der Waals surface area (Å²) in [6, 6.07) is 8.80. The van der Waals surface area contributed by atoms with E-state index in [2.05, 4.69) is 36.1 Å². The molecular formula is C12H17N2. The van der Waals surface area contributed by atoms with Crippen molar-refractivity contribution in [3.8, 4) is 0 Å². The molecule has 0 atom stereocenters. The molecule has 0 amide bonds. The molecule has 14 heavy (non-hydrogen) atoms. The maximum Gasteiger partial charge on any atom is 0.0366 e. The topological polar surface area (TPSA) is 29.3 Å². The van der Waals surface area contributed by atoms with E-state index in [1.54, 1.807) is 0 Å². The molecule has 75 valence electrons. The van der Waals surface area contributed by atoms with Gasteiger partial charge in [0.25, 0.3) is 0 Å². The Hall–Kier alpha value is -1.02. The van der Waals surface area contributed by atoms with Crippen LogP contribution in [0, 0.1) is 6.92 Å². The minimum atomic E-state index is 0.401. The summed E-state index contributed by atoms with van der Waals surface area (Å²) < 4.78 is 0. The lowest BCUT2D eigenvalue weighted by Crippen LogP contribution is -2.39. The maximum absolute atomic E-state index is 5.86. The van der Waals surface area contributed by atoms with Gasteiger partial charge in [-0.15, -0.1) is 0 Å². The van der Waals surface area contributed by atoms with E-state index in [0.717, 1.165) is 31.5 Å². The number of anilines is 1. The Labute approximate surface area is 85.7 Å². The first-order valence-electron chi connectivity index (χ1n) is 5.18. The van der Waals surface area contributed by atoms with Crippen molar-refractivity contribution in [1.29, 1.82) is 0 Å². The molecule has 1 heterocycles. The minimum absolute atomic E-state index is 0.401. The highest BCUT2D eigenvalue weighted by Crippen LogP contribution is 2.19. The molecule has 0 saturated carbocycles. The fraction of sp³-hybridized carbons (Fsp3) is 0.417. The van der Waals surface area contributed by atoms with Crippen molar-refractivity contribution in [2.45, 2.75) is 18.9 Å². The van der Waals surface area contributed by atoms with Crippen LogP contribution in [0.4, 0.5) is 5.69 Å². The van der Waals surface area contributed by atoms with Crippen LogP contribution in [0.2, 0.25) is 0 Å². The molecule has 2 nitrogen and oxygen atoms in total. The maximum atomic E-state index is 5.86. The fourth-order valence-electron chi connectivity index (χ4n) is 1.86. The lowest BCUT2D eigenvalue weighted by atomic mass is 10.1. The van der Waals surface area contributed by atoms with Crippen LogP contribution in [0.3, 0.4) is 0 Å². The Kier molecular flexibility index (Phi) is 2.73. The van der Waals surface area contributed by atoms with Crippen molar-refractivity contribution in [3.05, 3.63) is 36.8 Å². The van der Waals surface area contributed by atoms with Gasteiger partial charge in [-0.25, -0.2) is 0 Å². The number of nitrogens with two attached hydrogens (primary N) is 1. The first-order chi connectivity index (χ1) is 6.75. The van der Waals surface area contributed by atoms with Gasteiger partial charge in [0.1, 0.15) is 0 Å². The normalized spacial score (nSPS) is 18.6. The van der Waals surface area contributed by atoms with E-state index in [1.165, 1.54) is 5.69 Å². The summed E-state index contributed by atoms with van der Waals surface area (Å²) in [4.78, 5) is 2.39. The standard InChI is InChI=1S/C12H17N2/c1-10-2-4-12(5-3-10)14-8-6-11(13)7-9-14/h2-5,11H,1,6-9,13H2. The van der Waals surface area contributed by atoms with Gasteiger partial charge in [-0.05, 0) is 37.5 Å². The van der Waals surface area contributed by atoms with Gasteiger partial charge in [-0.2, -0.15) is 0 Å². The van der Waals surface area contributed by atoms with Crippen LogP contribution >= 0.6 is 0 Å². The van der Waals surface area contributed by atoms with E-state index in [1.807, 2.05) is 0 Å². The first-order valence-corrected chi connectivity index (χ1v) is 5.18. The summed E-state index contributed by atoms with van der Waals surface area (Å²) >= 11 is 0. The van der Waals surface area contributed by atoms with Crippen molar-refractivity contribution in [2.75, 3.05) is 18.0 Å². The zero-order valence-corrected chi connectivity index (χ0v) is 8.45. The monoisotopic (exact) mass is 189 g/mol. The second-order valence-corrected chi connectivity index (χ2v) is 3.99. The third-order valence-electron chi connectivity index (χ3n) is 2.84. The predicted octanol–water partition coefficient (Wildman–Crippen LogP) is 1.80. The molecule has 1 aromatic carbocycles. The van der Waals surface area contributed by atoms with Crippen LogP contribution in [-0.2, 0) is 0 Å². The van der Waals surface area contributed by atoms with E-state index >= 15 is 0 Å². The molecule has 1 aliphatic rings. The molecule has 0 bridgehead atoms. The summed E-state index contributed by atoms with van der Waals surface area (Å²) in [6.07, 6.45) is 2.21. The third-order valence-corrected chi connectivity index (χ3v) is 2.84. The number of piperidine rings is 1. The summed E-state index contributed by atoms with van der Waals surface area (Å²) in [5.74, 6) is 0. The van der Waals surface area contributed by atoms with Crippen LogP contribution < -0.4 is 10.6 Å². The molecule has 2 N–H and O–H groups in total. The molecule has 1 saturated heterocycles. The minimum Gasteiger partial charge on any atom is -0.371 e. The predicted molar refractivity (Wildman–Crippen MR) is 60.3 cm³/mol. The lowest BCUT2D eigenvalue weighted by Gasteiger charge is -2.32. The molecule has 2 heteroatoms. The SMILES string of the molecule is [CH2]c1ccc(N2CCC(N)CC2)cc1. The number of hydrogen-bond donors (Lipinski definition) is 1. The van der Waals surface area contributed by atoms with E-state index in [4.69, 9.17) is 5.73 Å². The Bertz CT molecular complexity index is 284. The van der Waals surface area contributed by atoms with Crippen molar-refractivity contribution in [1.82, 2.24) is 0 Å². The average molecular weight is 189 g/mol. The highest BCUT2D eigenvalue weighted by molar-refractivity contribution is 5.48. The zero-order chi connectivity index (χ0) is 9.97. The molecule has 0 aliphatic carbocycles. The molecule has 2 rings (SSSR count). The summed E-state index contributed by atoms with van der Waals surface area (Å²) in [5, 5.41) is 0. The number of rotatable bonds is 1. The average Bonchev–Trinajstić information content (AvgIpc) is 2.21. The van der Waals surface area contributed by atoms with Gasteiger partial charge >= 0.3 is 0 Å². The number of benzene rings is 1.